The van der Waals surface area contributed by atoms with Gasteiger partial charge in [-0.25, -0.2) is 0 Å². The second-order valence-electron chi connectivity index (χ2n) is 12.7. The van der Waals surface area contributed by atoms with Crippen LogP contribution in [0.5, 0.6) is 0 Å². The van der Waals surface area contributed by atoms with Crippen molar-refractivity contribution in [1.29, 1.82) is 0 Å². The van der Waals surface area contributed by atoms with Gasteiger partial charge in [0.1, 0.15) is 0 Å². The molecule has 9 rings (SSSR count). The quantitative estimate of drug-likeness (QED) is 0.181. The zero-order chi connectivity index (χ0) is 30.2. The van der Waals surface area contributed by atoms with Gasteiger partial charge >= 0.3 is 0 Å². The van der Waals surface area contributed by atoms with Crippen LogP contribution in [0.25, 0.3) is 86.9 Å². The van der Waals surface area contributed by atoms with Gasteiger partial charge in [-0.3, -0.25) is 0 Å². The molecule has 0 heteroatoms. The van der Waals surface area contributed by atoms with Gasteiger partial charge in [0, 0.05) is 0 Å². The van der Waals surface area contributed by atoms with Gasteiger partial charge in [0.25, 0.3) is 0 Å². The third-order valence-corrected chi connectivity index (χ3v) is 9.78. The lowest BCUT2D eigenvalue weighted by Crippen LogP contribution is -1.92. The summed E-state index contributed by atoms with van der Waals surface area (Å²) in [5.41, 5.74) is 9.05. The lowest BCUT2D eigenvalue weighted by Gasteiger charge is -2.18. The van der Waals surface area contributed by atoms with Gasteiger partial charge in [-0.1, -0.05) is 127 Å². The number of hydrogen-bond donors (Lipinski definition) is 0. The molecule has 0 aliphatic carbocycles. The Balaban J connectivity index is 1.37. The first-order valence-corrected chi connectivity index (χ1v) is 15.8. The zero-order valence-electron chi connectivity index (χ0n) is 25.8. The van der Waals surface area contributed by atoms with Gasteiger partial charge in [0.15, 0.2) is 0 Å². The molecule has 45 heavy (non-hydrogen) atoms. The summed E-state index contributed by atoms with van der Waals surface area (Å²) in [4.78, 5) is 0. The average molecular weight is 573 g/mol. The number of fused-ring (bicyclic) bond motifs is 9. The summed E-state index contributed by atoms with van der Waals surface area (Å²) in [5.74, 6) is 0. The van der Waals surface area contributed by atoms with Crippen LogP contribution in [-0.2, 0) is 0 Å². The van der Waals surface area contributed by atoms with E-state index in [1.54, 1.807) is 0 Å². The van der Waals surface area contributed by atoms with Gasteiger partial charge in [0.2, 0.25) is 0 Å². The maximum absolute atomic E-state index is 2.45. The molecule has 0 radical (unpaired) electrons. The van der Waals surface area contributed by atoms with Crippen LogP contribution in [0.2, 0.25) is 0 Å². The predicted octanol–water partition coefficient (Wildman–Crippen LogP) is 12.9. The highest BCUT2D eigenvalue weighted by molar-refractivity contribution is 6.22. The second-order valence-corrected chi connectivity index (χ2v) is 12.7. The topological polar surface area (TPSA) is 0 Å². The van der Waals surface area contributed by atoms with Crippen LogP contribution in [0.1, 0.15) is 16.7 Å². The minimum absolute atomic E-state index is 1.28. The van der Waals surface area contributed by atoms with E-state index in [2.05, 4.69) is 160 Å². The molecule has 9 aromatic rings. The summed E-state index contributed by atoms with van der Waals surface area (Å²) in [6.07, 6.45) is 0. The zero-order valence-corrected chi connectivity index (χ0v) is 25.8. The molecule has 0 aromatic heterocycles. The fourth-order valence-electron chi connectivity index (χ4n) is 7.75. The third kappa shape index (κ3) is 3.99. The van der Waals surface area contributed by atoms with E-state index >= 15 is 0 Å². The van der Waals surface area contributed by atoms with Crippen molar-refractivity contribution in [2.45, 2.75) is 20.8 Å². The molecule has 0 N–H and O–H groups in total. The summed E-state index contributed by atoms with van der Waals surface area (Å²) >= 11 is 0. The standard InChI is InChI=1S/C45H32/c1-27-16-19-34-32(20-27)24-42(38-14-8-6-12-36(34)38)40-26-41-33(23-29(40)3)25-43(39-15-9-7-13-37(39)41)44-22-28(2)21-31-18-17-30-10-4-5-11-35(30)45(31)44/h4-26H,1-3H3. The molecule has 9 aromatic carbocycles. The Hall–Kier alpha value is -5.46. The van der Waals surface area contributed by atoms with Crippen LogP contribution in [0.15, 0.2) is 140 Å². The van der Waals surface area contributed by atoms with Crippen molar-refractivity contribution in [1.82, 2.24) is 0 Å². The summed E-state index contributed by atoms with van der Waals surface area (Å²) in [7, 11) is 0. The molecule has 0 saturated carbocycles. The SMILES string of the molecule is Cc1ccc2c(c1)cc(-c1cc3c(cc1C)cc(-c1cc(C)cc4ccc5ccccc5c14)c1ccccc13)c1ccccc12. The van der Waals surface area contributed by atoms with Gasteiger partial charge in [0.05, 0.1) is 0 Å². The van der Waals surface area contributed by atoms with Crippen LogP contribution in [0, 0.1) is 20.8 Å². The Morgan fingerprint density at radius 1 is 0.289 bits per heavy atom. The molecule has 0 heterocycles. The highest BCUT2D eigenvalue weighted by Gasteiger charge is 2.17. The summed E-state index contributed by atoms with van der Waals surface area (Å²) in [6, 6.07) is 52.4. The van der Waals surface area contributed by atoms with Crippen molar-refractivity contribution in [3.05, 3.63) is 156 Å². The normalized spacial score (nSPS) is 11.9. The highest BCUT2D eigenvalue weighted by atomic mass is 14.2. The van der Waals surface area contributed by atoms with Gasteiger partial charge in [-0.15, -0.1) is 0 Å². The van der Waals surface area contributed by atoms with Crippen molar-refractivity contribution in [3.8, 4) is 22.3 Å². The van der Waals surface area contributed by atoms with E-state index in [0.29, 0.717) is 0 Å². The lowest BCUT2D eigenvalue weighted by molar-refractivity contribution is 1.49. The minimum Gasteiger partial charge on any atom is -0.0616 e. The Bertz CT molecular complexity index is 2670. The van der Waals surface area contributed by atoms with E-state index in [9.17, 15) is 0 Å². The molecule has 0 atom stereocenters. The highest BCUT2D eigenvalue weighted by Crippen LogP contribution is 2.44. The van der Waals surface area contributed by atoms with Crippen LogP contribution >= 0.6 is 0 Å². The fraction of sp³-hybridized carbons (Fsp3) is 0.0667. The summed E-state index contributed by atoms with van der Waals surface area (Å²) in [5, 5.41) is 15.6. The van der Waals surface area contributed by atoms with Crippen LogP contribution < -0.4 is 0 Å². The van der Waals surface area contributed by atoms with E-state index in [1.807, 2.05) is 0 Å². The summed E-state index contributed by atoms with van der Waals surface area (Å²) in [6.45, 7) is 6.67. The first-order valence-electron chi connectivity index (χ1n) is 15.8. The molecule has 0 nitrogen and oxygen atoms in total. The maximum atomic E-state index is 2.45. The molecular formula is C45H32. The molecule has 0 aliphatic heterocycles. The average Bonchev–Trinajstić information content (AvgIpc) is 3.06. The molecule has 212 valence electrons. The Morgan fingerprint density at radius 3 is 1.62 bits per heavy atom. The molecule has 0 amide bonds. The van der Waals surface area contributed by atoms with Gasteiger partial charge < -0.3 is 0 Å². The van der Waals surface area contributed by atoms with Crippen molar-refractivity contribution in [2.24, 2.45) is 0 Å². The Kier molecular flexibility index (Phi) is 5.64. The lowest BCUT2D eigenvalue weighted by atomic mass is 9.85. The second kappa shape index (κ2) is 9.78. The number of aryl methyl sites for hydroxylation is 3. The van der Waals surface area contributed by atoms with Crippen LogP contribution in [-0.4, -0.2) is 0 Å². The minimum atomic E-state index is 1.28. The van der Waals surface area contributed by atoms with Crippen molar-refractivity contribution in [2.75, 3.05) is 0 Å². The predicted molar refractivity (Wildman–Crippen MR) is 197 cm³/mol. The Labute approximate surface area is 263 Å². The number of benzene rings is 9. The molecule has 0 unspecified atom stereocenters. The van der Waals surface area contributed by atoms with Crippen molar-refractivity contribution in [3.63, 3.8) is 0 Å². The Morgan fingerprint density at radius 2 is 0.867 bits per heavy atom. The third-order valence-electron chi connectivity index (χ3n) is 9.78. The largest absolute Gasteiger partial charge is 0.0616 e. The molecule has 0 saturated heterocycles. The first-order chi connectivity index (χ1) is 22.0. The maximum Gasteiger partial charge on any atom is -0.00264 e. The van der Waals surface area contributed by atoms with E-state index in [-0.39, 0.29) is 0 Å². The van der Waals surface area contributed by atoms with E-state index in [0.717, 1.165) is 0 Å². The smallest absolute Gasteiger partial charge is 0.00264 e. The fourth-order valence-corrected chi connectivity index (χ4v) is 7.75. The van der Waals surface area contributed by atoms with Crippen molar-refractivity contribution < 1.29 is 0 Å². The molecular weight excluding hydrogens is 540 g/mol. The van der Waals surface area contributed by atoms with E-state index < -0.39 is 0 Å². The summed E-state index contributed by atoms with van der Waals surface area (Å²) < 4.78 is 0. The first kappa shape index (κ1) is 26.0. The van der Waals surface area contributed by atoms with Gasteiger partial charge in [-0.05, 0) is 137 Å². The van der Waals surface area contributed by atoms with Crippen LogP contribution in [0.4, 0.5) is 0 Å². The van der Waals surface area contributed by atoms with Gasteiger partial charge in [-0.2, -0.15) is 0 Å². The van der Waals surface area contributed by atoms with Crippen LogP contribution in [0.3, 0.4) is 0 Å². The van der Waals surface area contributed by atoms with Crippen molar-refractivity contribution >= 4 is 64.6 Å². The van der Waals surface area contributed by atoms with E-state index in [1.165, 1.54) is 104 Å². The molecule has 0 bridgehead atoms. The number of rotatable bonds is 2. The van der Waals surface area contributed by atoms with E-state index in [4.69, 9.17) is 0 Å². The molecule has 0 aliphatic rings. The molecule has 0 spiro atoms. The monoisotopic (exact) mass is 572 g/mol. The molecule has 0 fully saturated rings. The number of hydrogen-bond acceptors (Lipinski definition) is 0.